The van der Waals surface area contributed by atoms with Crippen LogP contribution in [0.5, 0.6) is 0 Å². The molecule has 49 valence electrons. The van der Waals surface area contributed by atoms with E-state index in [1.807, 2.05) is 27.3 Å². The summed E-state index contributed by atoms with van der Waals surface area (Å²) in [6.45, 7) is 7.77. The maximum absolute atomic E-state index is 8.64. The van der Waals surface area contributed by atoms with Crippen molar-refractivity contribution in [1.29, 1.82) is 0 Å². The topological polar surface area (TPSA) is 32.3 Å². The van der Waals surface area contributed by atoms with Crippen molar-refractivity contribution in [1.82, 2.24) is 5.32 Å². The molecule has 8 heavy (non-hydrogen) atoms. The van der Waals surface area contributed by atoms with Crippen molar-refractivity contribution < 1.29 is 5.11 Å². The first-order valence-electron chi connectivity index (χ1n) is 2.79. The Bertz CT molecular complexity index is 61.5. The molecule has 2 N–H and O–H groups in total. The maximum atomic E-state index is 8.64. The predicted molar refractivity (Wildman–Crippen MR) is 34.3 cm³/mol. The Balaban J connectivity index is 3.37. The standard InChI is InChI=1S/C6H14NO/c1-4-7-6(2,3)5-8/h4,7-8H,5H2,1-3H3. The van der Waals surface area contributed by atoms with Gasteiger partial charge in [0.15, 0.2) is 0 Å². The van der Waals surface area contributed by atoms with Crippen LogP contribution in [0, 0.1) is 6.54 Å². The second kappa shape index (κ2) is 3.05. The Hall–Kier alpha value is -0.0800. The van der Waals surface area contributed by atoms with E-state index in [1.165, 1.54) is 0 Å². The molecule has 0 rings (SSSR count). The smallest absolute Gasteiger partial charge is 0.0607 e. The number of rotatable bonds is 3. The van der Waals surface area contributed by atoms with E-state index in [0.717, 1.165) is 0 Å². The van der Waals surface area contributed by atoms with Crippen LogP contribution in [0.3, 0.4) is 0 Å². The maximum Gasteiger partial charge on any atom is 0.0607 e. The van der Waals surface area contributed by atoms with Crippen LogP contribution in [-0.4, -0.2) is 17.3 Å². The van der Waals surface area contributed by atoms with Crippen LogP contribution in [0.1, 0.15) is 20.8 Å². The Morgan fingerprint density at radius 1 is 1.62 bits per heavy atom. The molecule has 0 heterocycles. The summed E-state index contributed by atoms with van der Waals surface area (Å²) in [5, 5.41) is 11.6. The van der Waals surface area contributed by atoms with Crippen LogP contribution in [0.15, 0.2) is 0 Å². The van der Waals surface area contributed by atoms with E-state index in [1.54, 1.807) is 0 Å². The van der Waals surface area contributed by atoms with E-state index in [-0.39, 0.29) is 12.1 Å². The van der Waals surface area contributed by atoms with E-state index in [9.17, 15) is 0 Å². The molecule has 2 heteroatoms. The molecule has 0 atom stereocenters. The normalized spacial score (nSPS) is 12.0. The van der Waals surface area contributed by atoms with Crippen molar-refractivity contribution in [3.63, 3.8) is 0 Å². The highest BCUT2D eigenvalue weighted by atomic mass is 16.3. The fourth-order valence-electron chi connectivity index (χ4n) is 0.436. The average molecular weight is 116 g/mol. The van der Waals surface area contributed by atoms with Gasteiger partial charge in [0.2, 0.25) is 0 Å². The highest BCUT2D eigenvalue weighted by molar-refractivity contribution is 4.78. The zero-order valence-corrected chi connectivity index (χ0v) is 5.73. The first kappa shape index (κ1) is 7.92. The summed E-state index contributed by atoms with van der Waals surface area (Å²) in [6, 6.07) is 0. The molecule has 0 saturated heterocycles. The van der Waals surface area contributed by atoms with Gasteiger partial charge in [-0.1, -0.05) is 0 Å². The van der Waals surface area contributed by atoms with Crippen LogP contribution in [0.4, 0.5) is 0 Å². The summed E-state index contributed by atoms with van der Waals surface area (Å²) in [5.74, 6) is 0. The van der Waals surface area contributed by atoms with E-state index >= 15 is 0 Å². The van der Waals surface area contributed by atoms with E-state index in [4.69, 9.17) is 5.11 Å². The Kier molecular flexibility index (Phi) is 3.02. The first-order valence-corrected chi connectivity index (χ1v) is 2.79. The van der Waals surface area contributed by atoms with Gasteiger partial charge in [-0.3, -0.25) is 0 Å². The molecule has 0 aromatic rings. The van der Waals surface area contributed by atoms with Crippen LogP contribution in [0.25, 0.3) is 0 Å². The van der Waals surface area contributed by atoms with E-state index in [2.05, 4.69) is 5.32 Å². The quantitative estimate of drug-likeness (QED) is 0.563. The summed E-state index contributed by atoms with van der Waals surface area (Å²) in [6.07, 6.45) is 0. The van der Waals surface area contributed by atoms with Crippen molar-refractivity contribution in [3.05, 3.63) is 6.54 Å². The lowest BCUT2D eigenvalue weighted by atomic mass is 10.1. The molecule has 0 bridgehead atoms. The zero-order valence-electron chi connectivity index (χ0n) is 5.73. The largest absolute Gasteiger partial charge is 0.394 e. The molecule has 0 amide bonds. The van der Waals surface area contributed by atoms with Gasteiger partial charge >= 0.3 is 0 Å². The third-order valence-electron chi connectivity index (χ3n) is 0.930. The van der Waals surface area contributed by atoms with Gasteiger partial charge in [0, 0.05) is 12.1 Å². The van der Waals surface area contributed by atoms with Gasteiger partial charge in [0.25, 0.3) is 0 Å². The minimum Gasteiger partial charge on any atom is -0.394 e. The van der Waals surface area contributed by atoms with Gasteiger partial charge in [-0.15, -0.1) is 0 Å². The van der Waals surface area contributed by atoms with Crippen molar-refractivity contribution in [2.45, 2.75) is 26.3 Å². The van der Waals surface area contributed by atoms with Crippen molar-refractivity contribution in [2.24, 2.45) is 0 Å². The highest BCUT2D eigenvalue weighted by Gasteiger charge is 2.12. The molecular formula is C6H14NO. The number of aliphatic hydroxyl groups excluding tert-OH is 1. The molecule has 0 aromatic carbocycles. The van der Waals surface area contributed by atoms with Crippen molar-refractivity contribution in [3.8, 4) is 0 Å². The summed E-state index contributed by atoms with van der Waals surface area (Å²) in [4.78, 5) is 0. The predicted octanol–water partition coefficient (Wildman–Crippen LogP) is 0.529. The monoisotopic (exact) mass is 116 g/mol. The molecule has 2 nitrogen and oxygen atoms in total. The highest BCUT2D eigenvalue weighted by Crippen LogP contribution is 1.98. The van der Waals surface area contributed by atoms with Gasteiger partial charge in [0.05, 0.1) is 6.61 Å². The van der Waals surface area contributed by atoms with Crippen LogP contribution < -0.4 is 5.32 Å². The summed E-state index contributed by atoms with van der Waals surface area (Å²) < 4.78 is 0. The number of hydrogen-bond acceptors (Lipinski definition) is 2. The van der Waals surface area contributed by atoms with E-state index in [0.29, 0.717) is 0 Å². The molecule has 0 saturated carbocycles. The summed E-state index contributed by atoms with van der Waals surface area (Å²) in [7, 11) is 0. The summed E-state index contributed by atoms with van der Waals surface area (Å²) >= 11 is 0. The van der Waals surface area contributed by atoms with Gasteiger partial charge in [0.1, 0.15) is 0 Å². The molecule has 0 aromatic heterocycles. The molecule has 1 radical (unpaired) electrons. The van der Waals surface area contributed by atoms with Gasteiger partial charge in [-0.2, -0.15) is 0 Å². The molecule has 0 aliphatic heterocycles. The molecule has 0 fully saturated rings. The lowest BCUT2D eigenvalue weighted by Crippen LogP contribution is -2.40. The molecule has 0 spiro atoms. The fourth-order valence-corrected chi connectivity index (χ4v) is 0.436. The number of aliphatic hydroxyl groups is 1. The summed E-state index contributed by atoms with van der Waals surface area (Å²) in [5.41, 5.74) is -0.158. The van der Waals surface area contributed by atoms with Gasteiger partial charge in [-0.25, -0.2) is 0 Å². The Morgan fingerprint density at radius 3 is 2.25 bits per heavy atom. The van der Waals surface area contributed by atoms with Crippen molar-refractivity contribution >= 4 is 0 Å². The lowest BCUT2D eigenvalue weighted by molar-refractivity contribution is 0.197. The average Bonchev–Trinajstić information content (AvgIpc) is 1.67. The number of nitrogens with one attached hydrogen (secondary N) is 1. The third kappa shape index (κ3) is 2.99. The Morgan fingerprint density at radius 2 is 2.12 bits per heavy atom. The molecule has 0 aliphatic rings. The van der Waals surface area contributed by atoms with Crippen LogP contribution >= 0.6 is 0 Å². The number of hydrogen-bond donors (Lipinski definition) is 2. The minimum absolute atomic E-state index is 0.158. The SMILES string of the molecule is C[CH]NC(C)(C)CO. The lowest BCUT2D eigenvalue weighted by Gasteiger charge is -2.21. The first-order chi connectivity index (χ1) is 3.62. The second-order valence-corrected chi connectivity index (χ2v) is 2.48. The van der Waals surface area contributed by atoms with Gasteiger partial charge in [-0.05, 0) is 20.8 Å². The fraction of sp³-hybridized carbons (Fsp3) is 0.833. The second-order valence-electron chi connectivity index (χ2n) is 2.48. The molecular weight excluding hydrogens is 102 g/mol. The molecule has 0 unspecified atom stereocenters. The third-order valence-corrected chi connectivity index (χ3v) is 0.930. The van der Waals surface area contributed by atoms with Crippen molar-refractivity contribution in [2.75, 3.05) is 6.61 Å². The van der Waals surface area contributed by atoms with Crippen LogP contribution in [0.2, 0.25) is 0 Å². The minimum atomic E-state index is -0.158. The van der Waals surface area contributed by atoms with Crippen LogP contribution in [-0.2, 0) is 0 Å². The van der Waals surface area contributed by atoms with E-state index < -0.39 is 0 Å². The Labute approximate surface area is 50.9 Å². The van der Waals surface area contributed by atoms with Gasteiger partial charge < -0.3 is 10.4 Å². The zero-order chi connectivity index (χ0) is 6.62. The molecule has 0 aliphatic carbocycles.